The average Bonchev–Trinajstić information content (AvgIpc) is 2.21. The summed E-state index contributed by atoms with van der Waals surface area (Å²) in [4.78, 5) is 11.3. The van der Waals surface area contributed by atoms with Gasteiger partial charge >= 0.3 is 5.97 Å². The predicted octanol–water partition coefficient (Wildman–Crippen LogP) is 2.58. The topological polar surface area (TPSA) is 50.1 Å². The summed E-state index contributed by atoms with van der Waals surface area (Å²) in [7, 11) is 0. The van der Waals surface area contributed by atoms with E-state index in [1.165, 1.54) is 0 Å². The molecule has 3 nitrogen and oxygen atoms in total. The van der Waals surface area contributed by atoms with Crippen molar-refractivity contribution in [2.45, 2.75) is 39.0 Å². The lowest BCUT2D eigenvalue weighted by atomic mass is 9.82. The Labute approximate surface area is 90.7 Å². The second kappa shape index (κ2) is 6.23. The molecule has 0 bridgehead atoms. The maximum atomic E-state index is 11.3. The van der Waals surface area contributed by atoms with Crippen LogP contribution in [0.4, 0.5) is 0 Å². The van der Waals surface area contributed by atoms with E-state index in [2.05, 4.69) is 6.07 Å². The molecule has 0 amide bonds. The van der Waals surface area contributed by atoms with Gasteiger partial charge in [0.05, 0.1) is 19.1 Å². The van der Waals surface area contributed by atoms with Crippen molar-refractivity contribution in [1.82, 2.24) is 0 Å². The van der Waals surface area contributed by atoms with Gasteiger partial charge in [-0.25, -0.2) is 0 Å². The number of hydrogen-bond donors (Lipinski definition) is 0. The molecule has 82 valence electrons. The Bertz CT molecular complexity index is 288. The van der Waals surface area contributed by atoms with Crippen molar-refractivity contribution in [1.29, 1.82) is 5.26 Å². The number of nitrogens with zero attached hydrogens (tertiary/aromatic N) is 1. The van der Waals surface area contributed by atoms with Crippen molar-refractivity contribution >= 4 is 5.97 Å². The largest absolute Gasteiger partial charge is 0.466 e. The standard InChI is InChI=1S/C12H17NO2/c1-2-15-12(14)9-11-6-4-3-5-10(11)7-8-13/h7,11H,2-6,9H2,1H3. The van der Waals surface area contributed by atoms with Gasteiger partial charge in [-0.3, -0.25) is 4.79 Å². The van der Waals surface area contributed by atoms with Gasteiger partial charge in [0, 0.05) is 6.08 Å². The second-order valence-corrected chi connectivity index (χ2v) is 3.80. The van der Waals surface area contributed by atoms with Crippen molar-refractivity contribution < 1.29 is 9.53 Å². The van der Waals surface area contributed by atoms with E-state index in [4.69, 9.17) is 10.00 Å². The number of nitriles is 1. The quantitative estimate of drug-likeness (QED) is 0.528. The number of carbonyl (C=O) groups excluding carboxylic acids is 1. The highest BCUT2D eigenvalue weighted by Crippen LogP contribution is 2.31. The Morgan fingerprint density at radius 1 is 1.67 bits per heavy atom. The normalized spacial score (nSPS) is 23.5. The molecular weight excluding hydrogens is 190 g/mol. The van der Waals surface area contributed by atoms with Gasteiger partial charge in [-0.2, -0.15) is 5.26 Å². The number of allylic oxidation sites excluding steroid dienone is 2. The number of rotatable bonds is 3. The zero-order valence-electron chi connectivity index (χ0n) is 9.16. The molecule has 0 aromatic heterocycles. The first kappa shape index (κ1) is 11.8. The van der Waals surface area contributed by atoms with E-state index in [1.54, 1.807) is 6.08 Å². The van der Waals surface area contributed by atoms with Crippen LogP contribution in [0.2, 0.25) is 0 Å². The van der Waals surface area contributed by atoms with Crippen LogP contribution in [-0.4, -0.2) is 12.6 Å². The van der Waals surface area contributed by atoms with E-state index >= 15 is 0 Å². The summed E-state index contributed by atoms with van der Waals surface area (Å²) in [6.45, 7) is 2.24. The molecule has 0 aromatic carbocycles. The third kappa shape index (κ3) is 3.75. The maximum Gasteiger partial charge on any atom is 0.306 e. The van der Waals surface area contributed by atoms with Crippen LogP contribution in [0, 0.1) is 17.2 Å². The van der Waals surface area contributed by atoms with Crippen molar-refractivity contribution in [3.05, 3.63) is 11.6 Å². The molecule has 0 N–H and O–H groups in total. The Kier molecular flexibility index (Phi) is 4.89. The van der Waals surface area contributed by atoms with Crippen LogP contribution in [0.25, 0.3) is 0 Å². The fourth-order valence-corrected chi connectivity index (χ4v) is 2.04. The number of carbonyl (C=O) groups is 1. The summed E-state index contributed by atoms with van der Waals surface area (Å²) >= 11 is 0. The predicted molar refractivity (Wildman–Crippen MR) is 56.9 cm³/mol. The van der Waals surface area contributed by atoms with Gasteiger partial charge in [0.1, 0.15) is 0 Å². The molecule has 0 aliphatic heterocycles. The summed E-state index contributed by atoms with van der Waals surface area (Å²) in [6, 6.07) is 2.06. The molecule has 1 saturated carbocycles. The lowest BCUT2D eigenvalue weighted by Gasteiger charge is -2.23. The van der Waals surface area contributed by atoms with Crippen molar-refractivity contribution in [2.75, 3.05) is 6.61 Å². The van der Waals surface area contributed by atoms with E-state index in [0.717, 1.165) is 31.3 Å². The van der Waals surface area contributed by atoms with Gasteiger partial charge in [-0.05, 0) is 32.1 Å². The lowest BCUT2D eigenvalue weighted by molar-refractivity contribution is -0.144. The van der Waals surface area contributed by atoms with Gasteiger partial charge in [0.25, 0.3) is 0 Å². The molecule has 1 atom stereocenters. The number of hydrogen-bond acceptors (Lipinski definition) is 3. The summed E-state index contributed by atoms with van der Waals surface area (Å²) in [5.74, 6) is 0.0886. The number of esters is 1. The fourth-order valence-electron chi connectivity index (χ4n) is 2.04. The summed E-state index contributed by atoms with van der Waals surface area (Å²) in [5.41, 5.74) is 1.12. The SMILES string of the molecule is CCOC(=O)CC1CCCCC1=CC#N. The Morgan fingerprint density at radius 3 is 3.13 bits per heavy atom. The summed E-state index contributed by atoms with van der Waals surface area (Å²) in [5, 5.41) is 8.63. The molecule has 0 radical (unpaired) electrons. The van der Waals surface area contributed by atoms with Crippen molar-refractivity contribution in [3.8, 4) is 6.07 Å². The van der Waals surface area contributed by atoms with Crippen LogP contribution in [0.1, 0.15) is 39.0 Å². The van der Waals surface area contributed by atoms with Gasteiger partial charge in [0.15, 0.2) is 0 Å². The highest BCUT2D eigenvalue weighted by molar-refractivity contribution is 5.70. The fraction of sp³-hybridized carbons (Fsp3) is 0.667. The molecule has 0 saturated heterocycles. The Hall–Kier alpha value is -1.30. The van der Waals surface area contributed by atoms with E-state index < -0.39 is 0 Å². The Balaban J connectivity index is 2.54. The van der Waals surface area contributed by atoms with E-state index in [-0.39, 0.29) is 11.9 Å². The molecule has 15 heavy (non-hydrogen) atoms. The van der Waals surface area contributed by atoms with Crippen LogP contribution in [-0.2, 0) is 9.53 Å². The zero-order chi connectivity index (χ0) is 11.1. The molecular formula is C12H17NO2. The minimum Gasteiger partial charge on any atom is -0.466 e. The third-order valence-corrected chi connectivity index (χ3v) is 2.76. The molecule has 1 rings (SSSR count). The number of ether oxygens (including phenoxy) is 1. The summed E-state index contributed by atoms with van der Waals surface area (Å²) in [6.07, 6.45) is 6.27. The van der Waals surface area contributed by atoms with Gasteiger partial charge in [-0.1, -0.05) is 12.0 Å². The molecule has 0 aromatic rings. The Morgan fingerprint density at radius 2 is 2.47 bits per heavy atom. The third-order valence-electron chi connectivity index (χ3n) is 2.76. The zero-order valence-corrected chi connectivity index (χ0v) is 9.16. The average molecular weight is 207 g/mol. The first-order chi connectivity index (χ1) is 7.27. The summed E-state index contributed by atoms with van der Waals surface area (Å²) < 4.78 is 4.92. The van der Waals surface area contributed by atoms with Crippen LogP contribution in [0.15, 0.2) is 11.6 Å². The van der Waals surface area contributed by atoms with Crippen LogP contribution in [0.3, 0.4) is 0 Å². The van der Waals surface area contributed by atoms with Crippen molar-refractivity contribution in [3.63, 3.8) is 0 Å². The van der Waals surface area contributed by atoms with Gasteiger partial charge in [0.2, 0.25) is 0 Å². The second-order valence-electron chi connectivity index (χ2n) is 3.80. The van der Waals surface area contributed by atoms with Gasteiger partial charge in [-0.15, -0.1) is 0 Å². The van der Waals surface area contributed by atoms with Gasteiger partial charge < -0.3 is 4.74 Å². The molecule has 0 spiro atoms. The first-order valence-corrected chi connectivity index (χ1v) is 5.52. The van der Waals surface area contributed by atoms with Crippen molar-refractivity contribution in [2.24, 2.45) is 5.92 Å². The molecule has 3 heteroatoms. The van der Waals surface area contributed by atoms with E-state index in [1.807, 2.05) is 6.92 Å². The first-order valence-electron chi connectivity index (χ1n) is 5.52. The van der Waals surface area contributed by atoms with E-state index in [9.17, 15) is 4.79 Å². The molecule has 1 aliphatic rings. The molecule has 0 heterocycles. The molecule has 1 unspecified atom stereocenters. The lowest BCUT2D eigenvalue weighted by Crippen LogP contribution is -2.16. The highest BCUT2D eigenvalue weighted by atomic mass is 16.5. The minimum absolute atomic E-state index is 0.145. The van der Waals surface area contributed by atoms with Crippen LogP contribution < -0.4 is 0 Å². The minimum atomic E-state index is -0.145. The molecule has 1 fully saturated rings. The van der Waals surface area contributed by atoms with Crippen LogP contribution >= 0.6 is 0 Å². The smallest absolute Gasteiger partial charge is 0.306 e. The maximum absolute atomic E-state index is 11.3. The monoisotopic (exact) mass is 207 g/mol. The molecule has 1 aliphatic carbocycles. The highest BCUT2D eigenvalue weighted by Gasteiger charge is 2.22. The van der Waals surface area contributed by atoms with E-state index in [0.29, 0.717) is 13.0 Å². The van der Waals surface area contributed by atoms with Crippen LogP contribution in [0.5, 0.6) is 0 Å².